The Bertz CT molecular complexity index is 774. The number of rotatable bonds is 8. The largest absolute Gasteiger partial charge is 0.504 e. The maximum Gasteiger partial charge on any atom is 0.330 e. The van der Waals surface area contributed by atoms with Crippen LogP contribution in [0.5, 0.6) is 11.5 Å². The molecular formula is C21H28O9. The van der Waals surface area contributed by atoms with Crippen LogP contribution >= 0.6 is 0 Å². The molecule has 0 bridgehead atoms. The highest BCUT2D eigenvalue weighted by Gasteiger charge is 2.44. The van der Waals surface area contributed by atoms with Crippen molar-refractivity contribution in [2.75, 3.05) is 13.2 Å². The maximum atomic E-state index is 11.9. The van der Waals surface area contributed by atoms with Crippen molar-refractivity contribution in [2.24, 2.45) is 0 Å². The van der Waals surface area contributed by atoms with E-state index in [4.69, 9.17) is 14.2 Å². The van der Waals surface area contributed by atoms with Crippen LogP contribution in [0.2, 0.25) is 0 Å². The van der Waals surface area contributed by atoms with Gasteiger partial charge in [-0.2, -0.15) is 0 Å². The van der Waals surface area contributed by atoms with E-state index in [1.807, 2.05) is 19.9 Å². The van der Waals surface area contributed by atoms with Gasteiger partial charge < -0.3 is 39.7 Å². The van der Waals surface area contributed by atoms with Crippen LogP contribution in [-0.4, -0.2) is 75.4 Å². The topological polar surface area (TPSA) is 146 Å². The zero-order chi connectivity index (χ0) is 22.3. The average molecular weight is 424 g/mol. The number of benzene rings is 1. The minimum absolute atomic E-state index is 0.174. The summed E-state index contributed by atoms with van der Waals surface area (Å²) in [5, 5.41) is 48.9. The van der Waals surface area contributed by atoms with Gasteiger partial charge in [0.2, 0.25) is 0 Å². The van der Waals surface area contributed by atoms with Crippen molar-refractivity contribution >= 4 is 12.0 Å². The number of phenols is 2. The minimum Gasteiger partial charge on any atom is -0.504 e. The molecule has 9 nitrogen and oxygen atoms in total. The molecule has 9 heteroatoms. The molecule has 30 heavy (non-hydrogen) atoms. The highest BCUT2D eigenvalue weighted by Crippen LogP contribution is 2.25. The van der Waals surface area contributed by atoms with Crippen molar-refractivity contribution in [2.45, 2.75) is 51.0 Å². The third-order valence-corrected chi connectivity index (χ3v) is 4.50. The fraction of sp³-hybridized carbons (Fsp3) is 0.476. The Hall–Kier alpha value is -2.43. The Morgan fingerprint density at radius 1 is 1.13 bits per heavy atom. The van der Waals surface area contributed by atoms with E-state index in [-0.39, 0.29) is 24.7 Å². The number of esters is 1. The summed E-state index contributed by atoms with van der Waals surface area (Å²) in [6, 6.07) is 4.03. The van der Waals surface area contributed by atoms with Gasteiger partial charge in [0.05, 0.1) is 6.61 Å². The predicted octanol–water partition coefficient (Wildman–Crippen LogP) is 0.835. The second kappa shape index (κ2) is 11.1. The molecule has 1 saturated heterocycles. The first kappa shape index (κ1) is 23.8. The molecule has 1 aromatic carbocycles. The van der Waals surface area contributed by atoms with Gasteiger partial charge in [0.25, 0.3) is 0 Å². The van der Waals surface area contributed by atoms with E-state index in [0.29, 0.717) is 5.56 Å². The van der Waals surface area contributed by atoms with Crippen molar-refractivity contribution in [3.8, 4) is 11.5 Å². The molecule has 1 aliphatic rings. The lowest BCUT2D eigenvalue weighted by molar-refractivity contribution is -0.299. The van der Waals surface area contributed by atoms with Gasteiger partial charge in [0, 0.05) is 6.08 Å². The van der Waals surface area contributed by atoms with Gasteiger partial charge in [-0.15, -0.1) is 0 Å². The number of carbonyl (C=O) groups is 1. The summed E-state index contributed by atoms with van der Waals surface area (Å²) >= 11 is 0. The molecule has 5 N–H and O–H groups in total. The number of ether oxygens (including phenoxy) is 3. The van der Waals surface area contributed by atoms with Crippen LogP contribution in [0.3, 0.4) is 0 Å². The molecule has 0 aliphatic carbocycles. The van der Waals surface area contributed by atoms with E-state index in [0.717, 1.165) is 18.1 Å². The van der Waals surface area contributed by atoms with Crippen molar-refractivity contribution in [1.29, 1.82) is 0 Å². The molecule has 2 rings (SSSR count). The Labute approximate surface area is 174 Å². The second-order valence-corrected chi connectivity index (χ2v) is 7.00. The van der Waals surface area contributed by atoms with Crippen LogP contribution in [0.4, 0.5) is 0 Å². The molecule has 0 saturated carbocycles. The first-order valence-electron chi connectivity index (χ1n) is 9.56. The van der Waals surface area contributed by atoms with Crippen LogP contribution in [0, 0.1) is 0 Å². The summed E-state index contributed by atoms with van der Waals surface area (Å²) in [5.74, 6) is -1.36. The Balaban J connectivity index is 1.91. The van der Waals surface area contributed by atoms with Crippen molar-refractivity contribution in [3.63, 3.8) is 0 Å². The van der Waals surface area contributed by atoms with E-state index >= 15 is 0 Å². The van der Waals surface area contributed by atoms with Gasteiger partial charge >= 0.3 is 5.97 Å². The van der Waals surface area contributed by atoms with E-state index in [1.165, 1.54) is 24.3 Å². The summed E-state index contributed by atoms with van der Waals surface area (Å²) in [6.07, 6.45) is -1.52. The first-order valence-corrected chi connectivity index (χ1v) is 9.56. The standard InChI is InChI=1S/C21H28O9/c1-3-4-12(2)10-29-21-20(27)19(26)18(25)16(30-21)11-28-17(24)8-6-13-5-7-14(22)15(23)9-13/h4-9,16,18-23,25-27H,3,10-11H2,1-2H3/b8-6+,12-4+/t16?,18-,19+,20?,21-/m1/s1. The molecule has 5 atom stereocenters. The second-order valence-electron chi connectivity index (χ2n) is 7.00. The first-order chi connectivity index (χ1) is 14.2. The van der Waals surface area contributed by atoms with Crippen LogP contribution in [-0.2, 0) is 19.0 Å². The summed E-state index contributed by atoms with van der Waals surface area (Å²) in [4.78, 5) is 11.9. The number of hydrogen-bond acceptors (Lipinski definition) is 9. The van der Waals surface area contributed by atoms with Gasteiger partial charge in [-0.1, -0.05) is 24.6 Å². The molecule has 1 aromatic rings. The zero-order valence-electron chi connectivity index (χ0n) is 16.8. The number of allylic oxidation sites excluding steroid dienone is 1. The van der Waals surface area contributed by atoms with Crippen molar-refractivity contribution in [1.82, 2.24) is 0 Å². The number of aromatic hydroxyl groups is 2. The number of aliphatic hydroxyl groups excluding tert-OH is 3. The highest BCUT2D eigenvalue weighted by molar-refractivity contribution is 5.87. The fourth-order valence-corrected chi connectivity index (χ4v) is 2.83. The molecule has 2 unspecified atom stereocenters. The van der Waals surface area contributed by atoms with Crippen LogP contribution in [0.25, 0.3) is 6.08 Å². The van der Waals surface area contributed by atoms with Crippen LogP contribution in [0.15, 0.2) is 35.9 Å². The minimum atomic E-state index is -1.53. The average Bonchev–Trinajstić information content (AvgIpc) is 2.72. The number of carbonyl (C=O) groups excluding carboxylic acids is 1. The van der Waals surface area contributed by atoms with E-state index in [1.54, 1.807) is 0 Å². The van der Waals surface area contributed by atoms with Crippen LogP contribution < -0.4 is 0 Å². The molecule has 0 amide bonds. The zero-order valence-corrected chi connectivity index (χ0v) is 16.8. The molecule has 1 fully saturated rings. The fourth-order valence-electron chi connectivity index (χ4n) is 2.83. The third-order valence-electron chi connectivity index (χ3n) is 4.50. The normalized spacial score (nSPS) is 27.4. The Morgan fingerprint density at radius 2 is 1.87 bits per heavy atom. The lowest BCUT2D eigenvalue weighted by atomic mass is 9.99. The quantitative estimate of drug-likeness (QED) is 0.177. The SMILES string of the molecule is CC/C=C(\C)CO[C@@H]1OC(COC(=O)/C=C/c2ccc(O)c(O)c2)[C@@H](O)[C@H](O)C1O. The van der Waals surface area contributed by atoms with Gasteiger partial charge in [-0.3, -0.25) is 0 Å². The van der Waals surface area contributed by atoms with E-state index < -0.39 is 36.7 Å². The molecule has 1 heterocycles. The molecule has 166 valence electrons. The summed E-state index contributed by atoms with van der Waals surface area (Å²) < 4.78 is 16.0. The molecular weight excluding hydrogens is 396 g/mol. The molecule has 0 spiro atoms. The lowest BCUT2D eigenvalue weighted by Gasteiger charge is -2.39. The van der Waals surface area contributed by atoms with E-state index in [9.17, 15) is 30.3 Å². The number of phenolic OH excluding ortho intramolecular Hbond substituents is 2. The number of aliphatic hydroxyl groups is 3. The van der Waals surface area contributed by atoms with Gasteiger partial charge in [-0.25, -0.2) is 4.79 Å². The van der Waals surface area contributed by atoms with Gasteiger partial charge in [-0.05, 0) is 37.1 Å². The molecule has 0 aromatic heterocycles. The molecule has 0 radical (unpaired) electrons. The lowest BCUT2D eigenvalue weighted by Crippen LogP contribution is -2.59. The van der Waals surface area contributed by atoms with Crippen LogP contribution in [0.1, 0.15) is 25.8 Å². The summed E-state index contributed by atoms with van der Waals surface area (Å²) in [7, 11) is 0. The Morgan fingerprint density at radius 3 is 2.53 bits per heavy atom. The maximum absolute atomic E-state index is 11.9. The van der Waals surface area contributed by atoms with E-state index in [2.05, 4.69) is 0 Å². The Kier molecular flexibility index (Phi) is 8.82. The monoisotopic (exact) mass is 424 g/mol. The highest BCUT2D eigenvalue weighted by atomic mass is 16.7. The third kappa shape index (κ3) is 6.54. The smallest absolute Gasteiger partial charge is 0.330 e. The summed E-state index contributed by atoms with van der Waals surface area (Å²) in [6.45, 7) is 3.62. The summed E-state index contributed by atoms with van der Waals surface area (Å²) in [5.41, 5.74) is 1.38. The van der Waals surface area contributed by atoms with Gasteiger partial charge in [0.15, 0.2) is 17.8 Å². The van der Waals surface area contributed by atoms with Crippen molar-refractivity contribution in [3.05, 3.63) is 41.5 Å². The van der Waals surface area contributed by atoms with Gasteiger partial charge in [0.1, 0.15) is 31.0 Å². The predicted molar refractivity (Wildman–Crippen MR) is 106 cm³/mol. The van der Waals surface area contributed by atoms with Crippen molar-refractivity contribution < 1.29 is 44.5 Å². The number of hydrogen-bond donors (Lipinski definition) is 5. The molecule has 1 aliphatic heterocycles.